The van der Waals surface area contributed by atoms with E-state index in [9.17, 15) is 13.2 Å². The number of rotatable bonds is 6. The van der Waals surface area contributed by atoms with E-state index >= 15 is 0 Å². The van der Waals surface area contributed by atoms with Crippen LogP contribution in [0.5, 0.6) is 0 Å². The Labute approximate surface area is 166 Å². The molecule has 1 aliphatic rings. The SMILES string of the molecule is O=C(CSc1ccc(S(=O)(=O)N2CCCCC2)cn1)c1ccc(Br)cc1. The summed E-state index contributed by atoms with van der Waals surface area (Å²) in [6.07, 6.45) is 4.26. The molecule has 2 heterocycles. The fourth-order valence-electron chi connectivity index (χ4n) is 2.72. The van der Waals surface area contributed by atoms with Crippen LogP contribution in [-0.2, 0) is 10.0 Å². The number of ketones is 1. The zero-order valence-corrected chi connectivity index (χ0v) is 17.3. The van der Waals surface area contributed by atoms with Gasteiger partial charge in [-0.05, 0) is 37.1 Å². The highest BCUT2D eigenvalue weighted by molar-refractivity contribution is 9.10. The summed E-state index contributed by atoms with van der Waals surface area (Å²) < 4.78 is 27.6. The smallest absolute Gasteiger partial charge is 0.244 e. The third kappa shape index (κ3) is 4.73. The van der Waals surface area contributed by atoms with Gasteiger partial charge in [0.15, 0.2) is 5.78 Å². The van der Waals surface area contributed by atoms with E-state index in [1.54, 1.807) is 24.3 Å². The summed E-state index contributed by atoms with van der Waals surface area (Å²) in [5.41, 5.74) is 0.644. The van der Waals surface area contributed by atoms with Gasteiger partial charge in [-0.1, -0.05) is 46.2 Å². The molecule has 0 radical (unpaired) electrons. The summed E-state index contributed by atoms with van der Waals surface area (Å²) in [5, 5.41) is 0.632. The highest BCUT2D eigenvalue weighted by atomic mass is 79.9. The van der Waals surface area contributed by atoms with E-state index in [2.05, 4.69) is 20.9 Å². The molecule has 3 rings (SSSR count). The molecule has 0 unspecified atom stereocenters. The van der Waals surface area contributed by atoms with Crippen LogP contribution >= 0.6 is 27.7 Å². The van der Waals surface area contributed by atoms with Crippen LogP contribution < -0.4 is 0 Å². The van der Waals surface area contributed by atoms with Gasteiger partial charge in [0.2, 0.25) is 10.0 Å². The van der Waals surface area contributed by atoms with E-state index in [1.165, 1.54) is 22.3 Å². The minimum atomic E-state index is -3.47. The standard InChI is InChI=1S/C18H19BrN2O3S2/c19-15-6-4-14(5-7-15)17(22)13-25-18-9-8-16(12-20-18)26(23,24)21-10-2-1-3-11-21/h4-9,12H,1-3,10-11,13H2. The van der Waals surface area contributed by atoms with Gasteiger partial charge in [0, 0.05) is 29.3 Å². The molecule has 26 heavy (non-hydrogen) atoms. The van der Waals surface area contributed by atoms with Gasteiger partial charge in [0.25, 0.3) is 0 Å². The minimum Gasteiger partial charge on any atom is -0.293 e. The molecule has 0 N–H and O–H groups in total. The number of carbonyl (C=O) groups is 1. The van der Waals surface area contributed by atoms with Gasteiger partial charge in [-0.15, -0.1) is 0 Å². The Balaban J connectivity index is 1.62. The first-order valence-corrected chi connectivity index (χ1v) is 11.6. The fourth-order valence-corrected chi connectivity index (χ4v) is 5.18. The lowest BCUT2D eigenvalue weighted by Crippen LogP contribution is -2.35. The molecule has 0 bridgehead atoms. The lowest BCUT2D eigenvalue weighted by molar-refractivity contribution is 0.102. The first-order chi connectivity index (χ1) is 12.5. The fraction of sp³-hybridized carbons (Fsp3) is 0.333. The maximum Gasteiger partial charge on any atom is 0.244 e. The highest BCUT2D eigenvalue weighted by Gasteiger charge is 2.26. The van der Waals surface area contributed by atoms with Crippen molar-refractivity contribution >= 4 is 43.5 Å². The number of nitrogens with zero attached hydrogens (tertiary/aromatic N) is 2. The molecule has 0 saturated carbocycles. The second-order valence-corrected chi connectivity index (χ2v) is 9.86. The molecule has 1 aliphatic heterocycles. The number of thioether (sulfide) groups is 1. The number of aromatic nitrogens is 1. The number of piperidine rings is 1. The quantitative estimate of drug-likeness (QED) is 0.487. The summed E-state index contributed by atoms with van der Waals surface area (Å²) in [6.45, 7) is 1.14. The van der Waals surface area contributed by atoms with Crippen molar-refractivity contribution in [1.29, 1.82) is 0 Å². The number of hydrogen-bond acceptors (Lipinski definition) is 5. The van der Waals surface area contributed by atoms with Gasteiger partial charge in [-0.3, -0.25) is 4.79 Å². The Hall–Kier alpha value is -1.22. The van der Waals surface area contributed by atoms with Crippen LogP contribution in [0.15, 0.2) is 57.0 Å². The molecule has 5 nitrogen and oxygen atoms in total. The Morgan fingerprint density at radius 2 is 1.77 bits per heavy atom. The summed E-state index contributed by atoms with van der Waals surface area (Å²) in [4.78, 5) is 16.6. The third-order valence-electron chi connectivity index (χ3n) is 4.18. The number of sulfonamides is 1. The zero-order valence-electron chi connectivity index (χ0n) is 14.1. The van der Waals surface area contributed by atoms with Crippen LogP contribution in [0.4, 0.5) is 0 Å². The summed E-state index contributed by atoms with van der Waals surface area (Å²) in [7, 11) is -3.47. The molecule has 8 heteroatoms. The lowest BCUT2D eigenvalue weighted by Gasteiger charge is -2.25. The Kier molecular flexibility index (Phi) is 6.50. The topological polar surface area (TPSA) is 67.3 Å². The molecule has 1 aromatic heterocycles. The normalized spacial score (nSPS) is 15.7. The van der Waals surface area contributed by atoms with Gasteiger partial charge < -0.3 is 0 Å². The van der Waals surface area contributed by atoms with Crippen LogP contribution in [0.25, 0.3) is 0 Å². The van der Waals surface area contributed by atoms with Crippen molar-refractivity contribution < 1.29 is 13.2 Å². The molecule has 0 amide bonds. The van der Waals surface area contributed by atoms with Gasteiger partial charge in [-0.2, -0.15) is 4.31 Å². The Morgan fingerprint density at radius 1 is 1.08 bits per heavy atom. The molecule has 0 aliphatic carbocycles. The van der Waals surface area contributed by atoms with E-state index < -0.39 is 10.0 Å². The van der Waals surface area contributed by atoms with Gasteiger partial charge >= 0.3 is 0 Å². The van der Waals surface area contributed by atoms with Crippen molar-refractivity contribution in [3.63, 3.8) is 0 Å². The molecule has 1 saturated heterocycles. The van der Waals surface area contributed by atoms with Gasteiger partial charge in [0.1, 0.15) is 4.90 Å². The number of carbonyl (C=O) groups excluding carboxylic acids is 1. The monoisotopic (exact) mass is 454 g/mol. The number of Topliss-reactive ketones (excluding diaryl/α,β-unsaturated/α-hetero) is 1. The molecule has 0 spiro atoms. The average molecular weight is 455 g/mol. The van der Waals surface area contributed by atoms with Gasteiger partial charge in [0.05, 0.1) is 10.8 Å². The summed E-state index contributed by atoms with van der Waals surface area (Å²) in [5.74, 6) is 0.265. The number of halogens is 1. The largest absolute Gasteiger partial charge is 0.293 e. The van der Waals surface area contributed by atoms with Crippen molar-refractivity contribution in [3.05, 3.63) is 52.6 Å². The van der Waals surface area contributed by atoms with E-state index in [-0.39, 0.29) is 16.4 Å². The predicted molar refractivity (Wildman–Crippen MR) is 106 cm³/mol. The van der Waals surface area contributed by atoms with Crippen LogP contribution in [0.3, 0.4) is 0 Å². The Morgan fingerprint density at radius 3 is 2.38 bits per heavy atom. The molecule has 1 aromatic carbocycles. The molecular weight excluding hydrogens is 436 g/mol. The van der Waals surface area contributed by atoms with Crippen molar-refractivity contribution in [3.8, 4) is 0 Å². The number of benzene rings is 1. The van der Waals surface area contributed by atoms with Crippen molar-refractivity contribution in [2.75, 3.05) is 18.8 Å². The molecule has 0 atom stereocenters. The van der Waals surface area contributed by atoms with Crippen molar-refractivity contribution in [2.45, 2.75) is 29.2 Å². The second-order valence-electron chi connectivity index (χ2n) is 6.02. The first-order valence-electron chi connectivity index (χ1n) is 8.34. The third-order valence-corrected chi connectivity index (χ3v) is 7.53. The zero-order chi connectivity index (χ0) is 18.6. The van der Waals surface area contributed by atoms with Crippen molar-refractivity contribution in [1.82, 2.24) is 9.29 Å². The van der Waals surface area contributed by atoms with Crippen LogP contribution in [0.1, 0.15) is 29.6 Å². The highest BCUT2D eigenvalue weighted by Crippen LogP contribution is 2.23. The first kappa shape index (κ1) is 19.5. The van der Waals surface area contributed by atoms with Crippen LogP contribution in [0.2, 0.25) is 0 Å². The summed E-state index contributed by atoms with van der Waals surface area (Å²) in [6, 6.07) is 10.4. The van der Waals surface area contributed by atoms with Crippen LogP contribution in [-0.4, -0.2) is 42.3 Å². The molecule has 1 fully saturated rings. The minimum absolute atomic E-state index is 0.00862. The van der Waals surface area contributed by atoms with Crippen molar-refractivity contribution in [2.24, 2.45) is 0 Å². The van der Waals surface area contributed by atoms with Crippen LogP contribution in [0, 0.1) is 0 Å². The maximum absolute atomic E-state index is 12.6. The van der Waals surface area contributed by atoms with E-state index in [0.717, 1.165) is 23.7 Å². The van der Waals surface area contributed by atoms with Gasteiger partial charge in [-0.25, -0.2) is 13.4 Å². The maximum atomic E-state index is 12.6. The summed E-state index contributed by atoms with van der Waals surface area (Å²) >= 11 is 4.64. The van der Waals surface area contributed by atoms with E-state index in [0.29, 0.717) is 23.7 Å². The van der Waals surface area contributed by atoms with E-state index in [4.69, 9.17) is 0 Å². The second kappa shape index (κ2) is 8.65. The molecular formula is C18H19BrN2O3S2. The Bertz CT molecular complexity index is 862. The predicted octanol–water partition coefficient (Wildman–Crippen LogP) is 3.99. The van der Waals surface area contributed by atoms with E-state index in [1.807, 2.05) is 12.1 Å². The number of hydrogen-bond donors (Lipinski definition) is 0. The molecule has 2 aromatic rings. The molecule has 138 valence electrons. The lowest BCUT2D eigenvalue weighted by atomic mass is 10.2. The average Bonchev–Trinajstić information content (AvgIpc) is 2.67. The number of pyridine rings is 1.